The summed E-state index contributed by atoms with van der Waals surface area (Å²) in [6.07, 6.45) is 1.44. The van der Waals surface area contributed by atoms with Gasteiger partial charge in [-0.05, 0) is 43.1 Å². The van der Waals surface area contributed by atoms with Crippen LogP contribution in [0.1, 0.15) is 32.7 Å². The van der Waals surface area contributed by atoms with Crippen LogP contribution in [0.4, 0.5) is 5.00 Å². The van der Waals surface area contributed by atoms with Crippen molar-refractivity contribution in [2.75, 3.05) is 18.4 Å². The topological polar surface area (TPSA) is 97.4 Å². The first-order valence-corrected chi connectivity index (χ1v) is 7.76. The molecule has 4 N–H and O–H groups in total. The lowest BCUT2D eigenvalue weighted by molar-refractivity contribution is 0.0950. The Morgan fingerprint density at radius 3 is 2.82 bits per heavy atom. The number of carbonyl (C=O) groups is 2. The second-order valence-corrected chi connectivity index (χ2v) is 6.16. The van der Waals surface area contributed by atoms with Gasteiger partial charge in [-0.3, -0.25) is 9.59 Å². The molecule has 0 aromatic carbocycles. The lowest BCUT2D eigenvalue weighted by atomic mass is 10.2. The number of amides is 2. The Hall–Kier alpha value is -2.12. The van der Waals surface area contributed by atoms with Gasteiger partial charge in [0.05, 0.1) is 16.1 Å². The highest BCUT2D eigenvalue weighted by molar-refractivity contribution is 7.18. The van der Waals surface area contributed by atoms with Crippen LogP contribution in [0.15, 0.2) is 28.9 Å². The lowest BCUT2D eigenvalue weighted by Crippen LogP contribution is -2.31. The minimum absolute atomic E-state index is 0.152. The zero-order valence-corrected chi connectivity index (χ0v) is 13.3. The Kier molecular flexibility index (Phi) is 5.35. The van der Waals surface area contributed by atoms with E-state index in [4.69, 9.17) is 10.2 Å². The van der Waals surface area contributed by atoms with E-state index in [0.29, 0.717) is 23.0 Å². The molecular weight excluding hydrogens is 302 g/mol. The summed E-state index contributed by atoms with van der Waals surface area (Å²) >= 11 is 1.24. The standard InChI is InChI=1S/C15H19N3O3S/c1-9(7-16)8-17-15(20)13-10(2)6-12(22-13)18-14(19)11-4-3-5-21-11/h3-6,9H,7-8,16H2,1-2H3,(H,17,20)(H,18,19). The molecule has 0 fully saturated rings. The summed E-state index contributed by atoms with van der Waals surface area (Å²) in [6, 6.07) is 5.00. The van der Waals surface area contributed by atoms with Crippen LogP contribution in [0.25, 0.3) is 0 Å². The molecule has 0 bridgehead atoms. The second kappa shape index (κ2) is 7.24. The number of aryl methyl sites for hydroxylation is 1. The highest BCUT2D eigenvalue weighted by atomic mass is 32.1. The molecule has 0 aliphatic carbocycles. The fourth-order valence-electron chi connectivity index (χ4n) is 1.78. The molecule has 0 saturated heterocycles. The number of thiophene rings is 1. The Bertz CT molecular complexity index is 649. The van der Waals surface area contributed by atoms with Gasteiger partial charge in [-0.25, -0.2) is 0 Å². The van der Waals surface area contributed by atoms with Crippen LogP contribution >= 0.6 is 11.3 Å². The van der Waals surface area contributed by atoms with Crippen LogP contribution in [0.2, 0.25) is 0 Å². The largest absolute Gasteiger partial charge is 0.459 e. The third-order valence-electron chi connectivity index (χ3n) is 3.12. The molecule has 0 aliphatic rings. The van der Waals surface area contributed by atoms with Crippen molar-refractivity contribution >= 4 is 28.2 Å². The van der Waals surface area contributed by atoms with Gasteiger partial charge in [0, 0.05) is 6.54 Å². The predicted octanol–water partition coefficient (Wildman–Crippen LogP) is 2.23. The van der Waals surface area contributed by atoms with Crippen LogP contribution in [0.3, 0.4) is 0 Å². The second-order valence-electron chi connectivity index (χ2n) is 5.11. The van der Waals surface area contributed by atoms with E-state index in [9.17, 15) is 9.59 Å². The Morgan fingerprint density at radius 1 is 1.41 bits per heavy atom. The van der Waals surface area contributed by atoms with Crippen molar-refractivity contribution in [3.8, 4) is 0 Å². The molecule has 2 aromatic heterocycles. The molecule has 2 rings (SSSR count). The molecule has 2 amide bonds. The van der Waals surface area contributed by atoms with Gasteiger partial charge in [-0.2, -0.15) is 0 Å². The molecule has 22 heavy (non-hydrogen) atoms. The van der Waals surface area contributed by atoms with Crippen LogP contribution in [-0.4, -0.2) is 24.9 Å². The molecule has 6 nitrogen and oxygen atoms in total. The number of rotatable bonds is 6. The fraction of sp³-hybridized carbons (Fsp3) is 0.333. The summed E-state index contributed by atoms with van der Waals surface area (Å²) < 4.78 is 5.03. The van der Waals surface area contributed by atoms with Crippen molar-refractivity contribution in [1.29, 1.82) is 0 Å². The van der Waals surface area contributed by atoms with E-state index in [1.54, 1.807) is 18.2 Å². The first-order chi connectivity index (χ1) is 10.5. The van der Waals surface area contributed by atoms with Crippen molar-refractivity contribution in [2.24, 2.45) is 11.7 Å². The van der Waals surface area contributed by atoms with E-state index < -0.39 is 0 Å². The van der Waals surface area contributed by atoms with Gasteiger partial charge in [-0.1, -0.05) is 6.92 Å². The first kappa shape index (κ1) is 16.3. The molecule has 0 aliphatic heterocycles. The number of furan rings is 1. The number of carbonyl (C=O) groups excluding carboxylic acids is 2. The number of hydrogen-bond acceptors (Lipinski definition) is 5. The maximum atomic E-state index is 12.1. The van der Waals surface area contributed by atoms with Crippen molar-refractivity contribution in [3.63, 3.8) is 0 Å². The van der Waals surface area contributed by atoms with Crippen LogP contribution in [0, 0.1) is 12.8 Å². The van der Waals surface area contributed by atoms with Gasteiger partial charge >= 0.3 is 0 Å². The SMILES string of the molecule is Cc1cc(NC(=O)c2ccco2)sc1C(=O)NCC(C)CN. The summed E-state index contributed by atoms with van der Waals surface area (Å²) in [7, 11) is 0. The number of nitrogens with one attached hydrogen (secondary N) is 2. The van der Waals surface area contributed by atoms with Gasteiger partial charge in [0.25, 0.3) is 11.8 Å². The van der Waals surface area contributed by atoms with Gasteiger partial charge in [0.2, 0.25) is 0 Å². The summed E-state index contributed by atoms with van der Waals surface area (Å²) in [5.41, 5.74) is 6.34. The average Bonchev–Trinajstić information content (AvgIpc) is 3.14. The summed E-state index contributed by atoms with van der Waals surface area (Å²) in [6.45, 7) is 4.85. The molecule has 0 saturated carbocycles. The lowest BCUT2D eigenvalue weighted by Gasteiger charge is -2.09. The number of hydrogen-bond donors (Lipinski definition) is 3. The molecule has 0 radical (unpaired) electrons. The highest BCUT2D eigenvalue weighted by Gasteiger charge is 2.16. The zero-order chi connectivity index (χ0) is 16.1. The van der Waals surface area contributed by atoms with Crippen molar-refractivity contribution < 1.29 is 14.0 Å². The fourth-order valence-corrected chi connectivity index (χ4v) is 2.77. The molecule has 2 heterocycles. The third-order valence-corrected chi connectivity index (χ3v) is 4.27. The molecule has 0 spiro atoms. The normalized spacial score (nSPS) is 12.0. The summed E-state index contributed by atoms with van der Waals surface area (Å²) in [5.74, 6) is -0.0348. The van der Waals surface area contributed by atoms with E-state index >= 15 is 0 Å². The monoisotopic (exact) mass is 321 g/mol. The number of anilines is 1. The average molecular weight is 321 g/mol. The smallest absolute Gasteiger partial charge is 0.291 e. The van der Waals surface area contributed by atoms with Crippen LogP contribution in [-0.2, 0) is 0 Å². The van der Waals surface area contributed by atoms with E-state index in [-0.39, 0.29) is 23.5 Å². The Morgan fingerprint density at radius 2 is 2.18 bits per heavy atom. The number of nitrogens with two attached hydrogens (primary N) is 1. The van der Waals surface area contributed by atoms with Crippen LogP contribution < -0.4 is 16.4 Å². The molecule has 118 valence electrons. The maximum Gasteiger partial charge on any atom is 0.291 e. The molecule has 1 atom stereocenters. The molecule has 1 unspecified atom stereocenters. The minimum Gasteiger partial charge on any atom is -0.459 e. The first-order valence-electron chi connectivity index (χ1n) is 6.94. The van der Waals surface area contributed by atoms with Crippen molar-refractivity contribution in [3.05, 3.63) is 40.7 Å². The minimum atomic E-state index is -0.338. The van der Waals surface area contributed by atoms with E-state index in [0.717, 1.165) is 5.56 Å². The highest BCUT2D eigenvalue weighted by Crippen LogP contribution is 2.27. The van der Waals surface area contributed by atoms with E-state index in [1.165, 1.54) is 17.6 Å². The molecule has 7 heteroatoms. The Balaban J connectivity index is 2.01. The maximum absolute atomic E-state index is 12.1. The summed E-state index contributed by atoms with van der Waals surface area (Å²) in [4.78, 5) is 24.6. The molecule has 2 aromatic rings. The molecular formula is C15H19N3O3S. The van der Waals surface area contributed by atoms with Crippen LogP contribution in [0.5, 0.6) is 0 Å². The van der Waals surface area contributed by atoms with E-state index in [2.05, 4.69) is 10.6 Å². The summed E-state index contributed by atoms with van der Waals surface area (Å²) in [5, 5.41) is 6.17. The van der Waals surface area contributed by atoms with Gasteiger partial charge in [0.15, 0.2) is 5.76 Å². The quantitative estimate of drug-likeness (QED) is 0.760. The zero-order valence-electron chi connectivity index (χ0n) is 12.5. The van der Waals surface area contributed by atoms with Gasteiger partial charge in [0.1, 0.15) is 0 Å². The van der Waals surface area contributed by atoms with Gasteiger partial charge < -0.3 is 20.8 Å². The van der Waals surface area contributed by atoms with Crippen molar-refractivity contribution in [1.82, 2.24) is 5.32 Å². The van der Waals surface area contributed by atoms with Crippen molar-refractivity contribution in [2.45, 2.75) is 13.8 Å². The van der Waals surface area contributed by atoms with Gasteiger partial charge in [-0.15, -0.1) is 11.3 Å². The third kappa shape index (κ3) is 3.96. The predicted molar refractivity (Wildman–Crippen MR) is 86.3 cm³/mol. The Labute approximate surface area is 132 Å². The van der Waals surface area contributed by atoms with E-state index in [1.807, 2.05) is 13.8 Å².